The Morgan fingerprint density at radius 2 is 2.26 bits per heavy atom. The van der Waals surface area contributed by atoms with Crippen LogP contribution in [-0.2, 0) is 9.53 Å². The summed E-state index contributed by atoms with van der Waals surface area (Å²) in [7, 11) is 0. The number of amides is 1. The Bertz CT molecular complexity index is 743. The number of morpholine rings is 1. The molecule has 1 fully saturated rings. The second-order valence-electron chi connectivity index (χ2n) is 5.26. The molecule has 0 saturated carbocycles. The van der Waals surface area contributed by atoms with Crippen LogP contribution in [0.4, 0.5) is 0 Å². The molecule has 1 N–H and O–H groups in total. The zero-order valence-electron chi connectivity index (χ0n) is 12.6. The van der Waals surface area contributed by atoms with E-state index in [1.54, 1.807) is 29.5 Å². The van der Waals surface area contributed by atoms with Gasteiger partial charge < -0.3 is 14.7 Å². The third kappa shape index (κ3) is 3.25. The number of nitrogens with zero attached hydrogens (tertiary/aromatic N) is 2. The summed E-state index contributed by atoms with van der Waals surface area (Å²) in [4.78, 5) is 29.8. The van der Waals surface area contributed by atoms with Crippen LogP contribution < -0.4 is 0 Å². The molecule has 0 spiro atoms. The summed E-state index contributed by atoms with van der Waals surface area (Å²) >= 11 is 1.55. The summed E-state index contributed by atoms with van der Waals surface area (Å²) in [5, 5.41) is 12.1. The predicted molar refractivity (Wildman–Crippen MR) is 85.6 cm³/mol. The number of carboxylic acids is 1. The summed E-state index contributed by atoms with van der Waals surface area (Å²) in [6.07, 6.45) is 0. The lowest BCUT2D eigenvalue weighted by Crippen LogP contribution is -2.52. The van der Waals surface area contributed by atoms with Gasteiger partial charge in [-0.05, 0) is 19.1 Å². The van der Waals surface area contributed by atoms with Gasteiger partial charge in [0.1, 0.15) is 0 Å². The first-order valence-electron chi connectivity index (χ1n) is 7.20. The summed E-state index contributed by atoms with van der Waals surface area (Å²) in [6.45, 7) is 2.57. The average Bonchev–Trinajstić information content (AvgIpc) is 3.01. The number of hydrogen-bond donors (Lipinski definition) is 1. The molecule has 7 heteroatoms. The van der Waals surface area contributed by atoms with Crippen molar-refractivity contribution < 1.29 is 19.4 Å². The molecule has 1 aliphatic heterocycles. The average molecular weight is 332 g/mol. The third-order valence-corrected chi connectivity index (χ3v) is 4.47. The Hall–Kier alpha value is -2.25. The molecule has 0 unspecified atom stereocenters. The first kappa shape index (κ1) is 15.6. The molecule has 2 aromatic rings. The SMILES string of the molecule is Cc1nc(-c2cccc(C(=O)N3CCOC[C@@H]3C(=O)O)c2)cs1. The zero-order valence-corrected chi connectivity index (χ0v) is 13.4. The Morgan fingerprint density at radius 1 is 1.43 bits per heavy atom. The van der Waals surface area contributed by atoms with E-state index in [4.69, 9.17) is 4.74 Å². The van der Waals surface area contributed by atoms with E-state index in [0.717, 1.165) is 16.3 Å². The highest BCUT2D eigenvalue weighted by Crippen LogP contribution is 2.23. The molecule has 23 heavy (non-hydrogen) atoms. The lowest BCUT2D eigenvalue weighted by atomic mass is 10.1. The van der Waals surface area contributed by atoms with Gasteiger partial charge in [-0.25, -0.2) is 9.78 Å². The van der Waals surface area contributed by atoms with E-state index < -0.39 is 12.0 Å². The highest BCUT2D eigenvalue weighted by Gasteiger charge is 2.33. The Labute approximate surface area is 137 Å². The van der Waals surface area contributed by atoms with Gasteiger partial charge in [0.25, 0.3) is 5.91 Å². The molecule has 0 bridgehead atoms. The van der Waals surface area contributed by atoms with E-state index in [9.17, 15) is 14.7 Å². The Morgan fingerprint density at radius 3 is 2.96 bits per heavy atom. The van der Waals surface area contributed by atoms with Gasteiger partial charge in [0.05, 0.1) is 23.9 Å². The summed E-state index contributed by atoms with van der Waals surface area (Å²) in [5.41, 5.74) is 2.13. The van der Waals surface area contributed by atoms with Crippen molar-refractivity contribution in [3.05, 3.63) is 40.2 Å². The van der Waals surface area contributed by atoms with Gasteiger partial charge in [-0.3, -0.25) is 4.79 Å². The predicted octanol–water partition coefficient (Wildman–Crippen LogP) is 2.04. The Balaban J connectivity index is 1.88. The Kier molecular flexibility index (Phi) is 4.40. The zero-order chi connectivity index (χ0) is 16.4. The standard InChI is InChI=1S/C16H16N2O4S/c1-10-17-13(9-23-10)11-3-2-4-12(7-11)15(19)18-5-6-22-8-14(18)16(20)21/h2-4,7,9,14H,5-6,8H2,1H3,(H,20,21)/t14-/m1/s1. The molecule has 0 radical (unpaired) electrons. The number of benzene rings is 1. The highest BCUT2D eigenvalue weighted by atomic mass is 32.1. The fraction of sp³-hybridized carbons (Fsp3) is 0.312. The van der Waals surface area contributed by atoms with Gasteiger partial charge in [0.2, 0.25) is 0 Å². The molecular formula is C16H16N2O4S. The van der Waals surface area contributed by atoms with Crippen LogP contribution in [0.25, 0.3) is 11.3 Å². The minimum absolute atomic E-state index is 0.0199. The van der Waals surface area contributed by atoms with Gasteiger partial charge in [-0.15, -0.1) is 11.3 Å². The van der Waals surface area contributed by atoms with Crippen molar-refractivity contribution in [2.45, 2.75) is 13.0 Å². The number of aliphatic carboxylic acids is 1. The monoisotopic (exact) mass is 332 g/mol. The maximum absolute atomic E-state index is 12.7. The van der Waals surface area contributed by atoms with E-state index >= 15 is 0 Å². The quantitative estimate of drug-likeness (QED) is 0.930. The lowest BCUT2D eigenvalue weighted by Gasteiger charge is -2.32. The van der Waals surface area contributed by atoms with Crippen LogP contribution in [0, 0.1) is 6.92 Å². The maximum Gasteiger partial charge on any atom is 0.328 e. The van der Waals surface area contributed by atoms with Crippen molar-refractivity contribution in [3.63, 3.8) is 0 Å². The smallest absolute Gasteiger partial charge is 0.328 e. The number of carbonyl (C=O) groups excluding carboxylic acids is 1. The summed E-state index contributed by atoms with van der Waals surface area (Å²) in [6, 6.07) is 6.18. The molecular weight excluding hydrogens is 316 g/mol. The molecule has 1 saturated heterocycles. The van der Waals surface area contributed by atoms with Crippen molar-refractivity contribution >= 4 is 23.2 Å². The van der Waals surface area contributed by atoms with E-state index in [2.05, 4.69) is 4.98 Å². The molecule has 1 aromatic carbocycles. The van der Waals surface area contributed by atoms with E-state index in [-0.39, 0.29) is 19.1 Å². The molecule has 6 nitrogen and oxygen atoms in total. The van der Waals surface area contributed by atoms with E-state index in [1.807, 2.05) is 18.4 Å². The first-order chi connectivity index (χ1) is 11.1. The minimum Gasteiger partial charge on any atom is -0.480 e. The van der Waals surface area contributed by atoms with E-state index in [1.165, 1.54) is 4.90 Å². The van der Waals surface area contributed by atoms with Crippen LogP contribution in [0.15, 0.2) is 29.6 Å². The summed E-state index contributed by atoms with van der Waals surface area (Å²) < 4.78 is 5.17. The maximum atomic E-state index is 12.7. The number of ether oxygens (including phenoxy) is 1. The number of aryl methyl sites for hydroxylation is 1. The van der Waals surface area contributed by atoms with Gasteiger partial charge in [-0.2, -0.15) is 0 Å². The molecule has 1 aromatic heterocycles. The van der Waals surface area contributed by atoms with Crippen LogP contribution in [0.2, 0.25) is 0 Å². The molecule has 0 aliphatic carbocycles. The van der Waals surface area contributed by atoms with Crippen LogP contribution in [-0.4, -0.2) is 52.7 Å². The molecule has 1 amide bonds. The normalized spacial score (nSPS) is 18.0. The topological polar surface area (TPSA) is 79.7 Å². The van der Waals surface area contributed by atoms with Crippen molar-refractivity contribution in [3.8, 4) is 11.3 Å². The molecule has 3 rings (SSSR count). The third-order valence-electron chi connectivity index (χ3n) is 3.70. The number of thiazole rings is 1. The van der Waals surface area contributed by atoms with Crippen LogP contribution in [0.5, 0.6) is 0 Å². The van der Waals surface area contributed by atoms with Crippen molar-refractivity contribution in [2.75, 3.05) is 19.8 Å². The van der Waals surface area contributed by atoms with Crippen molar-refractivity contribution in [1.82, 2.24) is 9.88 Å². The van der Waals surface area contributed by atoms with Crippen LogP contribution in [0.3, 0.4) is 0 Å². The van der Waals surface area contributed by atoms with Crippen LogP contribution in [0.1, 0.15) is 15.4 Å². The van der Waals surface area contributed by atoms with Gasteiger partial charge in [0, 0.05) is 23.1 Å². The lowest BCUT2D eigenvalue weighted by molar-refractivity contribution is -0.147. The molecule has 120 valence electrons. The first-order valence-corrected chi connectivity index (χ1v) is 8.08. The van der Waals surface area contributed by atoms with Crippen LogP contribution >= 0.6 is 11.3 Å². The fourth-order valence-electron chi connectivity index (χ4n) is 2.52. The summed E-state index contributed by atoms with van der Waals surface area (Å²) in [5.74, 6) is -1.35. The number of carbonyl (C=O) groups is 2. The van der Waals surface area contributed by atoms with Crippen molar-refractivity contribution in [2.24, 2.45) is 0 Å². The number of carboxylic acid groups (broad SMARTS) is 1. The molecule has 2 heterocycles. The fourth-order valence-corrected chi connectivity index (χ4v) is 3.15. The molecule has 1 atom stereocenters. The van der Waals surface area contributed by atoms with Gasteiger partial charge in [0.15, 0.2) is 6.04 Å². The second-order valence-corrected chi connectivity index (χ2v) is 6.32. The van der Waals surface area contributed by atoms with Gasteiger partial charge in [-0.1, -0.05) is 12.1 Å². The second kappa shape index (κ2) is 6.47. The number of rotatable bonds is 3. The largest absolute Gasteiger partial charge is 0.480 e. The number of aromatic nitrogens is 1. The van der Waals surface area contributed by atoms with Gasteiger partial charge >= 0.3 is 5.97 Å². The number of hydrogen-bond acceptors (Lipinski definition) is 5. The highest BCUT2D eigenvalue weighted by molar-refractivity contribution is 7.09. The molecule has 1 aliphatic rings. The van der Waals surface area contributed by atoms with Crippen molar-refractivity contribution in [1.29, 1.82) is 0 Å². The minimum atomic E-state index is -1.05. The van der Waals surface area contributed by atoms with E-state index in [0.29, 0.717) is 12.2 Å².